The summed E-state index contributed by atoms with van der Waals surface area (Å²) in [6.07, 6.45) is 2.05. The molecule has 0 bridgehead atoms. The Bertz CT molecular complexity index is 211. The Hall–Kier alpha value is -0.870. The second-order valence-electron chi connectivity index (χ2n) is 3.70. The number of nitrogens with one attached hydrogen (secondary N) is 2. The molecule has 15 heavy (non-hydrogen) atoms. The fourth-order valence-corrected chi connectivity index (χ4v) is 0.962. The molecule has 0 heterocycles. The van der Waals surface area contributed by atoms with Crippen LogP contribution in [0.2, 0.25) is 0 Å². The molecule has 0 aliphatic heterocycles. The molecule has 0 radical (unpaired) electrons. The van der Waals surface area contributed by atoms with Gasteiger partial charge in [-0.3, -0.25) is 4.79 Å². The molecule has 0 saturated carbocycles. The third-order valence-electron chi connectivity index (χ3n) is 1.93. The highest BCUT2D eigenvalue weighted by atomic mass is 16.5. The highest BCUT2D eigenvalue weighted by Gasteiger charge is 2.09. The van der Waals surface area contributed by atoms with Gasteiger partial charge in [-0.1, -0.05) is 11.6 Å². The van der Waals surface area contributed by atoms with Gasteiger partial charge >= 0.3 is 0 Å². The van der Waals surface area contributed by atoms with Gasteiger partial charge in [-0.2, -0.15) is 0 Å². The third-order valence-corrected chi connectivity index (χ3v) is 1.93. The second-order valence-corrected chi connectivity index (χ2v) is 3.70. The summed E-state index contributed by atoms with van der Waals surface area (Å²) in [5, 5.41) is 5.89. The van der Waals surface area contributed by atoms with E-state index in [1.54, 1.807) is 7.11 Å². The zero-order chi connectivity index (χ0) is 11.7. The molecular formula is C11H22N2O2. The second kappa shape index (κ2) is 8.44. The minimum Gasteiger partial charge on any atom is -0.383 e. The molecule has 1 atom stereocenters. The van der Waals surface area contributed by atoms with Gasteiger partial charge in [0.05, 0.1) is 12.6 Å². The maximum atomic E-state index is 11.4. The number of rotatable bonds is 7. The van der Waals surface area contributed by atoms with E-state index in [1.807, 2.05) is 20.8 Å². The topological polar surface area (TPSA) is 50.4 Å². The van der Waals surface area contributed by atoms with Crippen LogP contribution in [0.3, 0.4) is 0 Å². The molecule has 0 aromatic heterocycles. The maximum Gasteiger partial charge on any atom is 0.236 e. The molecule has 4 nitrogen and oxygen atoms in total. The van der Waals surface area contributed by atoms with E-state index in [0.29, 0.717) is 13.2 Å². The molecule has 0 saturated heterocycles. The molecule has 0 spiro atoms. The van der Waals surface area contributed by atoms with Gasteiger partial charge in [0.25, 0.3) is 0 Å². The Morgan fingerprint density at radius 3 is 2.67 bits per heavy atom. The molecule has 0 aliphatic carbocycles. The normalized spacial score (nSPS) is 12.0. The van der Waals surface area contributed by atoms with Crippen LogP contribution in [0.15, 0.2) is 11.6 Å². The minimum atomic E-state index is -0.169. The van der Waals surface area contributed by atoms with Crippen LogP contribution in [0, 0.1) is 0 Å². The predicted molar refractivity (Wildman–Crippen MR) is 61.8 cm³/mol. The SMILES string of the molecule is COCCNC(=O)C(C)NCC=C(C)C. The molecule has 0 aliphatic rings. The van der Waals surface area contributed by atoms with Crippen molar-refractivity contribution in [1.29, 1.82) is 0 Å². The van der Waals surface area contributed by atoms with E-state index in [1.165, 1.54) is 5.57 Å². The molecule has 4 heteroatoms. The van der Waals surface area contributed by atoms with Gasteiger partial charge < -0.3 is 15.4 Å². The van der Waals surface area contributed by atoms with Gasteiger partial charge in [-0.05, 0) is 20.8 Å². The Morgan fingerprint density at radius 1 is 1.47 bits per heavy atom. The lowest BCUT2D eigenvalue weighted by Gasteiger charge is -2.12. The fourth-order valence-electron chi connectivity index (χ4n) is 0.962. The summed E-state index contributed by atoms with van der Waals surface area (Å²) in [6.45, 7) is 7.74. The van der Waals surface area contributed by atoms with Crippen molar-refractivity contribution in [3.05, 3.63) is 11.6 Å². The van der Waals surface area contributed by atoms with Crippen molar-refractivity contribution >= 4 is 5.91 Å². The quantitative estimate of drug-likeness (QED) is 0.484. The van der Waals surface area contributed by atoms with Crippen molar-refractivity contribution in [2.24, 2.45) is 0 Å². The number of methoxy groups -OCH3 is 1. The zero-order valence-electron chi connectivity index (χ0n) is 10.1. The van der Waals surface area contributed by atoms with Crippen LogP contribution in [0.25, 0.3) is 0 Å². The third kappa shape index (κ3) is 8.15. The lowest BCUT2D eigenvalue weighted by atomic mass is 10.3. The monoisotopic (exact) mass is 214 g/mol. The van der Waals surface area contributed by atoms with E-state index in [-0.39, 0.29) is 11.9 Å². The van der Waals surface area contributed by atoms with Crippen LogP contribution < -0.4 is 10.6 Å². The summed E-state index contributed by atoms with van der Waals surface area (Å²) >= 11 is 0. The molecule has 88 valence electrons. The van der Waals surface area contributed by atoms with Crippen LogP contribution in [-0.2, 0) is 9.53 Å². The van der Waals surface area contributed by atoms with Crippen molar-refractivity contribution < 1.29 is 9.53 Å². The molecule has 0 aromatic carbocycles. The Morgan fingerprint density at radius 2 is 2.13 bits per heavy atom. The number of hydrogen-bond donors (Lipinski definition) is 2. The molecular weight excluding hydrogens is 192 g/mol. The first-order chi connectivity index (χ1) is 7.07. The van der Waals surface area contributed by atoms with E-state index >= 15 is 0 Å². The summed E-state index contributed by atoms with van der Waals surface area (Å²) in [5.41, 5.74) is 1.24. The first kappa shape index (κ1) is 14.1. The average Bonchev–Trinajstić information content (AvgIpc) is 2.17. The number of ether oxygens (including phenoxy) is 1. The molecule has 0 rings (SSSR count). The Kier molecular flexibility index (Phi) is 7.95. The smallest absolute Gasteiger partial charge is 0.236 e. The predicted octanol–water partition coefficient (Wildman–Crippen LogP) is 0.693. The Labute approximate surface area is 92.1 Å². The van der Waals surface area contributed by atoms with Crippen LogP contribution in [-0.4, -0.2) is 38.8 Å². The maximum absolute atomic E-state index is 11.4. The van der Waals surface area contributed by atoms with E-state index in [2.05, 4.69) is 16.7 Å². The standard InChI is InChI=1S/C11H22N2O2/c1-9(2)5-6-12-10(3)11(14)13-7-8-15-4/h5,10,12H,6-8H2,1-4H3,(H,13,14). The largest absolute Gasteiger partial charge is 0.383 e. The number of hydrogen-bond acceptors (Lipinski definition) is 3. The van der Waals surface area contributed by atoms with E-state index < -0.39 is 0 Å². The van der Waals surface area contributed by atoms with Gasteiger partial charge in [0.1, 0.15) is 0 Å². The zero-order valence-corrected chi connectivity index (χ0v) is 10.1. The summed E-state index contributed by atoms with van der Waals surface area (Å²) in [5.74, 6) is 0.00852. The van der Waals surface area contributed by atoms with Crippen LogP contribution in [0.4, 0.5) is 0 Å². The van der Waals surface area contributed by atoms with Gasteiger partial charge in [-0.15, -0.1) is 0 Å². The lowest BCUT2D eigenvalue weighted by Crippen LogP contribution is -2.43. The summed E-state index contributed by atoms with van der Waals surface area (Å²) in [6, 6.07) is -0.169. The first-order valence-corrected chi connectivity index (χ1v) is 5.21. The fraction of sp³-hybridized carbons (Fsp3) is 0.727. The molecule has 1 amide bonds. The summed E-state index contributed by atoms with van der Waals surface area (Å²) in [7, 11) is 1.61. The number of amides is 1. The molecule has 1 unspecified atom stereocenters. The van der Waals surface area contributed by atoms with Crippen LogP contribution >= 0.6 is 0 Å². The van der Waals surface area contributed by atoms with Crippen molar-refractivity contribution in [3.8, 4) is 0 Å². The summed E-state index contributed by atoms with van der Waals surface area (Å²) < 4.78 is 4.84. The first-order valence-electron chi connectivity index (χ1n) is 5.21. The average molecular weight is 214 g/mol. The highest BCUT2D eigenvalue weighted by Crippen LogP contribution is 1.87. The molecule has 0 aromatic rings. The summed E-state index contributed by atoms with van der Waals surface area (Å²) in [4.78, 5) is 11.4. The van der Waals surface area contributed by atoms with E-state index in [0.717, 1.165) is 6.54 Å². The van der Waals surface area contributed by atoms with Gasteiger partial charge in [0.15, 0.2) is 0 Å². The molecule has 0 fully saturated rings. The number of allylic oxidation sites excluding steroid dienone is 1. The van der Waals surface area contributed by atoms with Crippen molar-refractivity contribution in [3.63, 3.8) is 0 Å². The lowest BCUT2D eigenvalue weighted by molar-refractivity contribution is -0.122. The number of carbonyl (C=O) groups excluding carboxylic acids is 1. The van der Waals surface area contributed by atoms with Crippen molar-refractivity contribution in [1.82, 2.24) is 10.6 Å². The molecule has 2 N–H and O–H groups in total. The number of carbonyl (C=O) groups is 1. The van der Waals surface area contributed by atoms with Crippen LogP contribution in [0.5, 0.6) is 0 Å². The van der Waals surface area contributed by atoms with Crippen molar-refractivity contribution in [2.45, 2.75) is 26.8 Å². The van der Waals surface area contributed by atoms with Crippen molar-refractivity contribution in [2.75, 3.05) is 26.8 Å². The van der Waals surface area contributed by atoms with Gasteiger partial charge in [-0.25, -0.2) is 0 Å². The Balaban J connectivity index is 3.64. The van der Waals surface area contributed by atoms with Gasteiger partial charge in [0.2, 0.25) is 5.91 Å². The van der Waals surface area contributed by atoms with E-state index in [4.69, 9.17) is 4.74 Å². The van der Waals surface area contributed by atoms with Gasteiger partial charge in [0, 0.05) is 20.2 Å². The highest BCUT2D eigenvalue weighted by molar-refractivity contribution is 5.81. The minimum absolute atomic E-state index is 0.00852. The van der Waals surface area contributed by atoms with Crippen LogP contribution in [0.1, 0.15) is 20.8 Å². The van der Waals surface area contributed by atoms with E-state index in [9.17, 15) is 4.79 Å².